The Hall–Kier alpha value is -2.42. The molecular weight excluding hydrogens is 406 g/mol. The van der Waals surface area contributed by atoms with Gasteiger partial charge in [-0.2, -0.15) is 4.31 Å². The van der Waals surface area contributed by atoms with Gasteiger partial charge in [-0.25, -0.2) is 13.2 Å². The second kappa shape index (κ2) is 8.30. The highest BCUT2D eigenvalue weighted by Crippen LogP contribution is 2.23. The fraction of sp³-hybridized carbons (Fsp3) is 0.263. The number of carbonyl (C=O) groups is 2. The molecule has 0 bridgehead atoms. The average Bonchev–Trinajstić information content (AvgIpc) is 3.21. The summed E-state index contributed by atoms with van der Waals surface area (Å²) >= 11 is 5.70. The molecule has 28 heavy (non-hydrogen) atoms. The lowest BCUT2D eigenvalue weighted by Crippen LogP contribution is -2.27. The Balaban J connectivity index is 1.64. The molecule has 1 aliphatic rings. The molecule has 0 aliphatic carbocycles. The normalized spacial score (nSPS) is 14.8. The molecule has 9 heteroatoms. The zero-order valence-corrected chi connectivity index (χ0v) is 16.4. The maximum Gasteiger partial charge on any atom is 0.342 e. The first-order valence-electron chi connectivity index (χ1n) is 8.58. The number of hydrogen-bond acceptors (Lipinski definition) is 6. The van der Waals surface area contributed by atoms with Gasteiger partial charge in [0.2, 0.25) is 10.0 Å². The molecule has 0 unspecified atom stereocenters. The highest BCUT2D eigenvalue weighted by molar-refractivity contribution is 7.89. The van der Waals surface area contributed by atoms with Gasteiger partial charge < -0.3 is 9.84 Å². The maximum absolute atomic E-state index is 12.5. The number of halogens is 1. The minimum absolute atomic E-state index is 0.107. The Bertz CT molecular complexity index is 998. The third kappa shape index (κ3) is 4.35. The summed E-state index contributed by atoms with van der Waals surface area (Å²) < 4.78 is 31.3. The lowest BCUT2D eigenvalue weighted by molar-refractivity contribution is 0.0472. The van der Waals surface area contributed by atoms with Crippen LogP contribution in [-0.4, -0.2) is 49.3 Å². The first-order valence-corrected chi connectivity index (χ1v) is 10.4. The number of rotatable bonds is 6. The number of phenols is 1. The molecule has 0 saturated carbocycles. The summed E-state index contributed by atoms with van der Waals surface area (Å²) in [6.45, 7) is 0.451. The minimum atomic E-state index is -3.55. The summed E-state index contributed by atoms with van der Waals surface area (Å²) in [5, 5.41) is 9.97. The van der Waals surface area contributed by atoms with Crippen LogP contribution in [0, 0.1) is 0 Å². The number of carbonyl (C=O) groups excluding carboxylic acids is 2. The van der Waals surface area contributed by atoms with E-state index < -0.39 is 28.4 Å². The molecule has 1 saturated heterocycles. The fourth-order valence-electron chi connectivity index (χ4n) is 2.86. The highest BCUT2D eigenvalue weighted by Gasteiger charge is 2.27. The first-order chi connectivity index (χ1) is 13.3. The monoisotopic (exact) mass is 423 g/mol. The predicted octanol–water partition coefficient (Wildman–Crippen LogP) is 2.87. The lowest BCUT2D eigenvalue weighted by Gasteiger charge is -2.15. The molecule has 2 aromatic rings. The molecule has 0 atom stereocenters. The predicted molar refractivity (Wildman–Crippen MR) is 102 cm³/mol. The molecule has 0 spiro atoms. The van der Waals surface area contributed by atoms with Crippen molar-refractivity contribution < 1.29 is 27.9 Å². The summed E-state index contributed by atoms with van der Waals surface area (Å²) in [5.41, 5.74) is 0.109. The molecule has 0 radical (unpaired) electrons. The Kier molecular flexibility index (Phi) is 6.02. The van der Waals surface area contributed by atoms with Crippen LogP contribution in [0.5, 0.6) is 5.75 Å². The van der Waals surface area contributed by atoms with Crippen molar-refractivity contribution in [1.29, 1.82) is 0 Å². The zero-order valence-electron chi connectivity index (χ0n) is 14.8. The van der Waals surface area contributed by atoms with E-state index in [1.807, 2.05) is 0 Å². The van der Waals surface area contributed by atoms with Crippen molar-refractivity contribution in [3.8, 4) is 5.75 Å². The lowest BCUT2D eigenvalue weighted by atomic mass is 10.1. The molecular formula is C19H18ClNO6S. The molecule has 1 heterocycles. The SMILES string of the molecule is O=C(COC(=O)c1ccc(Cl)cc1O)c1ccc(S(=O)(=O)N2CCCC2)cc1. The summed E-state index contributed by atoms with van der Waals surface area (Å²) in [5.74, 6) is -1.70. The van der Waals surface area contributed by atoms with Crippen molar-refractivity contribution in [2.75, 3.05) is 19.7 Å². The van der Waals surface area contributed by atoms with Crippen molar-refractivity contribution in [1.82, 2.24) is 4.31 Å². The number of ether oxygens (including phenoxy) is 1. The number of nitrogens with zero attached hydrogens (tertiary/aromatic N) is 1. The molecule has 3 rings (SSSR count). The average molecular weight is 424 g/mol. The molecule has 0 aromatic heterocycles. The molecule has 2 aromatic carbocycles. The van der Waals surface area contributed by atoms with E-state index in [1.54, 1.807) is 0 Å². The maximum atomic E-state index is 12.5. The number of phenolic OH excluding ortho intramolecular Hbond substituents is 1. The van der Waals surface area contributed by atoms with E-state index in [1.165, 1.54) is 46.8 Å². The van der Waals surface area contributed by atoms with Crippen molar-refractivity contribution in [2.45, 2.75) is 17.7 Å². The standard InChI is InChI=1S/C19H18ClNO6S/c20-14-5-8-16(17(22)11-14)19(24)27-12-18(23)13-3-6-15(7-4-13)28(25,26)21-9-1-2-10-21/h3-8,11,22H,1-2,9-10,12H2. The number of Topliss-reactive ketones (excluding diaryl/α,β-unsaturated/α-hetero) is 1. The van der Waals surface area contributed by atoms with Gasteiger partial charge in [0, 0.05) is 23.7 Å². The summed E-state index contributed by atoms with van der Waals surface area (Å²) in [4.78, 5) is 24.3. The van der Waals surface area contributed by atoms with Gasteiger partial charge in [0.15, 0.2) is 12.4 Å². The molecule has 1 N–H and O–H groups in total. The number of esters is 1. The summed E-state index contributed by atoms with van der Waals surface area (Å²) in [6, 6.07) is 9.42. The second-order valence-electron chi connectivity index (χ2n) is 6.30. The van der Waals surface area contributed by atoms with Crippen LogP contribution in [0.2, 0.25) is 5.02 Å². The van der Waals surface area contributed by atoms with Gasteiger partial charge in [-0.05, 0) is 55.3 Å². The second-order valence-corrected chi connectivity index (χ2v) is 8.67. The third-order valence-corrected chi connectivity index (χ3v) is 6.54. The minimum Gasteiger partial charge on any atom is -0.507 e. The van der Waals surface area contributed by atoms with Gasteiger partial charge >= 0.3 is 5.97 Å². The Morgan fingerprint density at radius 3 is 2.32 bits per heavy atom. The van der Waals surface area contributed by atoms with Crippen LogP contribution >= 0.6 is 11.6 Å². The van der Waals surface area contributed by atoms with E-state index in [9.17, 15) is 23.1 Å². The first kappa shape index (κ1) is 20.3. The Morgan fingerprint density at radius 2 is 1.71 bits per heavy atom. The van der Waals surface area contributed by atoms with E-state index in [4.69, 9.17) is 16.3 Å². The smallest absolute Gasteiger partial charge is 0.342 e. The van der Waals surface area contributed by atoms with Crippen molar-refractivity contribution in [2.24, 2.45) is 0 Å². The van der Waals surface area contributed by atoms with Gasteiger partial charge in [0.25, 0.3) is 0 Å². The summed E-state index contributed by atoms with van der Waals surface area (Å²) in [7, 11) is -3.55. The van der Waals surface area contributed by atoms with Gasteiger partial charge in [0.05, 0.1) is 4.90 Å². The topological polar surface area (TPSA) is 101 Å². The summed E-state index contributed by atoms with van der Waals surface area (Å²) in [6.07, 6.45) is 1.68. The quantitative estimate of drug-likeness (QED) is 0.566. The van der Waals surface area contributed by atoms with E-state index in [-0.39, 0.29) is 26.8 Å². The molecule has 7 nitrogen and oxygen atoms in total. The zero-order chi connectivity index (χ0) is 20.3. The Labute approximate surface area is 167 Å². The Morgan fingerprint density at radius 1 is 1.07 bits per heavy atom. The van der Waals surface area contributed by atoms with Gasteiger partial charge in [-0.3, -0.25) is 4.79 Å². The van der Waals surface area contributed by atoms with Gasteiger partial charge in [0.1, 0.15) is 11.3 Å². The van der Waals surface area contributed by atoms with Crippen LogP contribution in [-0.2, 0) is 14.8 Å². The largest absolute Gasteiger partial charge is 0.507 e. The van der Waals surface area contributed by atoms with E-state index in [0.29, 0.717) is 13.1 Å². The molecule has 1 fully saturated rings. The van der Waals surface area contributed by atoms with Crippen LogP contribution in [0.15, 0.2) is 47.4 Å². The number of hydrogen-bond donors (Lipinski definition) is 1. The van der Waals surface area contributed by atoms with Crippen LogP contribution in [0.1, 0.15) is 33.6 Å². The van der Waals surface area contributed by atoms with Crippen molar-refractivity contribution in [3.05, 3.63) is 58.6 Å². The van der Waals surface area contributed by atoms with Crippen LogP contribution in [0.25, 0.3) is 0 Å². The van der Waals surface area contributed by atoms with Gasteiger partial charge in [-0.15, -0.1) is 0 Å². The van der Waals surface area contributed by atoms with Crippen molar-refractivity contribution in [3.63, 3.8) is 0 Å². The molecule has 148 valence electrons. The number of benzene rings is 2. The number of sulfonamides is 1. The molecule has 1 aliphatic heterocycles. The van der Waals surface area contributed by atoms with E-state index in [0.717, 1.165) is 12.8 Å². The van der Waals surface area contributed by atoms with Crippen LogP contribution in [0.4, 0.5) is 0 Å². The van der Waals surface area contributed by atoms with Crippen LogP contribution < -0.4 is 0 Å². The fourth-order valence-corrected chi connectivity index (χ4v) is 4.54. The number of ketones is 1. The van der Waals surface area contributed by atoms with Crippen LogP contribution in [0.3, 0.4) is 0 Å². The molecule has 0 amide bonds. The van der Waals surface area contributed by atoms with E-state index in [2.05, 4.69) is 0 Å². The van der Waals surface area contributed by atoms with Gasteiger partial charge in [-0.1, -0.05) is 11.6 Å². The van der Waals surface area contributed by atoms with E-state index >= 15 is 0 Å². The highest BCUT2D eigenvalue weighted by atomic mass is 35.5. The number of aromatic hydroxyl groups is 1. The third-order valence-electron chi connectivity index (χ3n) is 4.39. The van der Waals surface area contributed by atoms with Crippen molar-refractivity contribution >= 4 is 33.4 Å².